The van der Waals surface area contributed by atoms with Crippen LogP contribution < -0.4 is 5.32 Å². The number of carbonyl (C=O) groups is 2. The molecule has 1 aromatic rings. The number of aliphatic carboxylic acids is 1. The summed E-state index contributed by atoms with van der Waals surface area (Å²) in [6.45, 7) is 5.67. The van der Waals surface area contributed by atoms with E-state index >= 15 is 0 Å². The van der Waals surface area contributed by atoms with Gasteiger partial charge < -0.3 is 10.4 Å². The van der Waals surface area contributed by atoms with Gasteiger partial charge in [0.25, 0.3) is 5.91 Å². The number of carbonyl (C=O) groups excluding carboxylic acids is 1. The van der Waals surface area contributed by atoms with Crippen LogP contribution in [0.1, 0.15) is 42.2 Å². The van der Waals surface area contributed by atoms with Crippen molar-refractivity contribution in [2.45, 2.75) is 26.7 Å². The lowest BCUT2D eigenvalue weighted by Gasteiger charge is -2.06. The third-order valence-corrected chi connectivity index (χ3v) is 3.38. The summed E-state index contributed by atoms with van der Waals surface area (Å²) in [6, 6.07) is 0. The molecule has 1 heterocycles. The predicted octanol–water partition coefficient (Wildman–Crippen LogP) is 1.72. The smallest absolute Gasteiger partial charge is 0.308 e. The van der Waals surface area contributed by atoms with Gasteiger partial charge >= 0.3 is 5.97 Å². The largest absolute Gasteiger partial charge is 0.481 e. The van der Waals surface area contributed by atoms with Crippen LogP contribution in [0.2, 0.25) is 0 Å². The summed E-state index contributed by atoms with van der Waals surface area (Å²) in [5, 5.41) is 13.8. The van der Waals surface area contributed by atoms with Gasteiger partial charge in [0.15, 0.2) is 0 Å². The number of aromatic nitrogens is 1. The molecule has 0 saturated carbocycles. The molecule has 2 N–H and O–H groups in total. The number of carboxylic acid groups (broad SMARTS) is 1. The van der Waals surface area contributed by atoms with Crippen molar-refractivity contribution in [2.75, 3.05) is 6.54 Å². The second-order valence-corrected chi connectivity index (χ2v) is 5.06. The van der Waals surface area contributed by atoms with Gasteiger partial charge in [-0.25, -0.2) is 4.98 Å². The van der Waals surface area contributed by atoms with Gasteiger partial charge in [0, 0.05) is 17.8 Å². The Morgan fingerprint density at radius 3 is 2.59 bits per heavy atom. The Hall–Kier alpha value is -1.43. The van der Waals surface area contributed by atoms with Crippen LogP contribution >= 0.6 is 11.3 Å². The second-order valence-electron chi connectivity index (χ2n) is 4.17. The number of amides is 1. The lowest BCUT2D eigenvalue weighted by atomic mass is 10.2. The van der Waals surface area contributed by atoms with Crippen LogP contribution in [0.4, 0.5) is 0 Å². The van der Waals surface area contributed by atoms with Crippen molar-refractivity contribution >= 4 is 23.2 Å². The molecule has 1 rings (SSSR count). The molecular weight excluding hydrogens is 240 g/mol. The first-order valence-corrected chi connectivity index (χ1v) is 6.26. The first kappa shape index (κ1) is 13.6. The van der Waals surface area contributed by atoms with Gasteiger partial charge in [0.1, 0.15) is 5.69 Å². The SMILES string of the molecule is CC(C)c1nc(C(=O)NC[C@@H](C)C(=O)O)cs1. The van der Waals surface area contributed by atoms with Gasteiger partial charge in [-0.05, 0) is 0 Å². The van der Waals surface area contributed by atoms with Crippen molar-refractivity contribution in [3.63, 3.8) is 0 Å². The molecule has 0 aliphatic carbocycles. The molecule has 94 valence electrons. The van der Waals surface area contributed by atoms with E-state index in [0.29, 0.717) is 11.6 Å². The number of hydrogen-bond donors (Lipinski definition) is 2. The van der Waals surface area contributed by atoms with Crippen molar-refractivity contribution < 1.29 is 14.7 Å². The average molecular weight is 256 g/mol. The molecule has 0 aliphatic heterocycles. The van der Waals surface area contributed by atoms with Crippen molar-refractivity contribution in [3.8, 4) is 0 Å². The van der Waals surface area contributed by atoms with Crippen LogP contribution in [0, 0.1) is 5.92 Å². The van der Waals surface area contributed by atoms with E-state index in [4.69, 9.17) is 5.11 Å². The number of nitrogens with one attached hydrogen (secondary N) is 1. The topological polar surface area (TPSA) is 79.3 Å². The lowest BCUT2D eigenvalue weighted by molar-refractivity contribution is -0.140. The van der Waals surface area contributed by atoms with Gasteiger partial charge in [0.2, 0.25) is 0 Å². The van der Waals surface area contributed by atoms with Gasteiger partial charge in [0.05, 0.1) is 10.9 Å². The Bertz CT molecular complexity index is 415. The maximum atomic E-state index is 11.6. The summed E-state index contributed by atoms with van der Waals surface area (Å²) in [6.07, 6.45) is 0. The molecule has 0 saturated heterocycles. The number of rotatable bonds is 5. The molecule has 6 heteroatoms. The molecule has 0 aromatic carbocycles. The Morgan fingerprint density at radius 1 is 1.47 bits per heavy atom. The van der Waals surface area contributed by atoms with Crippen molar-refractivity contribution in [1.29, 1.82) is 0 Å². The minimum absolute atomic E-state index is 0.114. The first-order chi connectivity index (χ1) is 7.91. The fourth-order valence-corrected chi connectivity index (χ4v) is 1.90. The molecule has 17 heavy (non-hydrogen) atoms. The van der Waals surface area contributed by atoms with E-state index in [9.17, 15) is 9.59 Å². The summed E-state index contributed by atoms with van der Waals surface area (Å²) in [5.41, 5.74) is 0.358. The van der Waals surface area contributed by atoms with Crippen molar-refractivity contribution in [3.05, 3.63) is 16.1 Å². The van der Waals surface area contributed by atoms with E-state index in [1.807, 2.05) is 13.8 Å². The first-order valence-electron chi connectivity index (χ1n) is 5.38. The molecule has 1 amide bonds. The summed E-state index contributed by atoms with van der Waals surface area (Å²) < 4.78 is 0. The highest BCUT2D eigenvalue weighted by Gasteiger charge is 2.15. The molecule has 0 unspecified atom stereocenters. The molecule has 0 bridgehead atoms. The van der Waals surface area contributed by atoms with Crippen LogP contribution in [-0.2, 0) is 4.79 Å². The quantitative estimate of drug-likeness (QED) is 0.840. The Morgan fingerprint density at radius 2 is 2.12 bits per heavy atom. The maximum absolute atomic E-state index is 11.6. The predicted molar refractivity (Wildman–Crippen MR) is 65.3 cm³/mol. The molecule has 1 atom stereocenters. The van der Waals surface area contributed by atoms with Crippen LogP contribution in [0.25, 0.3) is 0 Å². The number of nitrogens with zero attached hydrogens (tertiary/aromatic N) is 1. The second kappa shape index (κ2) is 5.77. The third-order valence-electron chi connectivity index (χ3n) is 2.24. The number of carboxylic acids is 1. The highest BCUT2D eigenvalue weighted by atomic mass is 32.1. The van der Waals surface area contributed by atoms with Crippen LogP contribution in [0.15, 0.2) is 5.38 Å². The molecule has 5 nitrogen and oxygen atoms in total. The van der Waals surface area contributed by atoms with E-state index in [2.05, 4.69) is 10.3 Å². The van der Waals surface area contributed by atoms with E-state index in [0.717, 1.165) is 5.01 Å². The zero-order valence-electron chi connectivity index (χ0n) is 10.1. The molecule has 0 radical (unpaired) electrons. The summed E-state index contributed by atoms with van der Waals surface area (Å²) >= 11 is 1.44. The zero-order chi connectivity index (χ0) is 13.0. The maximum Gasteiger partial charge on any atom is 0.308 e. The average Bonchev–Trinajstić information content (AvgIpc) is 2.74. The normalized spacial score (nSPS) is 12.5. The van der Waals surface area contributed by atoms with E-state index in [1.165, 1.54) is 11.3 Å². The minimum atomic E-state index is -0.925. The summed E-state index contributed by atoms with van der Waals surface area (Å²) in [5.74, 6) is -1.55. The van der Waals surface area contributed by atoms with Crippen LogP contribution in [0.3, 0.4) is 0 Å². The molecule has 0 aliphatic rings. The third kappa shape index (κ3) is 3.81. The lowest BCUT2D eigenvalue weighted by Crippen LogP contribution is -2.31. The molecular formula is C11H16N2O3S. The number of hydrogen-bond acceptors (Lipinski definition) is 4. The summed E-state index contributed by atoms with van der Waals surface area (Å²) in [7, 11) is 0. The van der Waals surface area contributed by atoms with E-state index in [1.54, 1.807) is 12.3 Å². The standard InChI is InChI=1S/C11H16N2O3S/c1-6(2)10-13-8(5-17-10)9(14)12-4-7(3)11(15)16/h5-7H,4H2,1-3H3,(H,12,14)(H,15,16)/t7-/m1/s1. The summed E-state index contributed by atoms with van der Waals surface area (Å²) in [4.78, 5) is 26.4. The zero-order valence-corrected chi connectivity index (χ0v) is 10.9. The number of thiazole rings is 1. The van der Waals surface area contributed by atoms with E-state index in [-0.39, 0.29) is 12.5 Å². The Balaban J connectivity index is 2.55. The Labute approximate surface area is 104 Å². The minimum Gasteiger partial charge on any atom is -0.481 e. The highest BCUT2D eigenvalue weighted by molar-refractivity contribution is 7.09. The van der Waals surface area contributed by atoms with Crippen molar-refractivity contribution in [1.82, 2.24) is 10.3 Å². The van der Waals surface area contributed by atoms with Crippen LogP contribution in [0.5, 0.6) is 0 Å². The Kier molecular flexibility index (Phi) is 4.62. The van der Waals surface area contributed by atoms with Gasteiger partial charge in [-0.1, -0.05) is 20.8 Å². The van der Waals surface area contributed by atoms with Crippen LogP contribution in [-0.4, -0.2) is 28.5 Å². The molecule has 1 aromatic heterocycles. The molecule has 0 fully saturated rings. The monoisotopic (exact) mass is 256 g/mol. The molecule has 0 spiro atoms. The van der Waals surface area contributed by atoms with Gasteiger partial charge in [-0.2, -0.15) is 0 Å². The van der Waals surface area contributed by atoms with Crippen molar-refractivity contribution in [2.24, 2.45) is 5.92 Å². The van der Waals surface area contributed by atoms with Gasteiger partial charge in [-0.15, -0.1) is 11.3 Å². The highest BCUT2D eigenvalue weighted by Crippen LogP contribution is 2.18. The van der Waals surface area contributed by atoms with Gasteiger partial charge in [-0.3, -0.25) is 9.59 Å². The fraction of sp³-hybridized carbons (Fsp3) is 0.545. The fourth-order valence-electron chi connectivity index (χ4n) is 1.08. The van der Waals surface area contributed by atoms with E-state index < -0.39 is 11.9 Å².